The third-order valence-corrected chi connectivity index (χ3v) is 3.43. The van der Waals surface area contributed by atoms with Crippen molar-refractivity contribution in [3.8, 4) is 5.75 Å². The van der Waals surface area contributed by atoms with E-state index >= 15 is 0 Å². The first-order valence-electron chi connectivity index (χ1n) is 5.61. The lowest BCUT2D eigenvalue weighted by Gasteiger charge is -2.09. The molecule has 4 nitrogen and oxygen atoms in total. The van der Waals surface area contributed by atoms with Crippen molar-refractivity contribution >= 4 is 15.5 Å². The molecule has 0 amide bonds. The molecule has 0 aliphatic carbocycles. The van der Waals surface area contributed by atoms with Gasteiger partial charge in [0.25, 0.3) is 0 Å². The Balaban J connectivity index is 2.47. The first-order chi connectivity index (χ1) is 7.92. The van der Waals surface area contributed by atoms with Crippen LogP contribution < -0.4 is 10.5 Å². The van der Waals surface area contributed by atoms with Gasteiger partial charge in [0.05, 0.1) is 18.0 Å². The Hall–Kier alpha value is -1.23. The van der Waals surface area contributed by atoms with Gasteiger partial charge in [0, 0.05) is 6.26 Å². The predicted molar refractivity (Wildman–Crippen MR) is 70.1 cm³/mol. The SMILES string of the molecule is CCc1ccc(OCCCS(C)(=O)=O)c(N)c1. The van der Waals surface area contributed by atoms with Crippen LogP contribution in [0, 0.1) is 0 Å². The molecule has 1 rings (SSSR count). The number of nitrogens with two attached hydrogens (primary N) is 1. The van der Waals surface area contributed by atoms with Gasteiger partial charge in [0.1, 0.15) is 15.6 Å². The Morgan fingerprint density at radius 3 is 2.59 bits per heavy atom. The number of hydrogen-bond donors (Lipinski definition) is 1. The summed E-state index contributed by atoms with van der Waals surface area (Å²) in [6.07, 6.45) is 2.63. The molecule has 0 saturated heterocycles. The minimum Gasteiger partial charge on any atom is -0.491 e. The number of nitrogen functional groups attached to an aromatic ring is 1. The van der Waals surface area contributed by atoms with E-state index in [9.17, 15) is 8.42 Å². The molecule has 0 aliphatic heterocycles. The molecule has 1 aromatic carbocycles. The first kappa shape index (κ1) is 13.8. The Bertz CT molecular complexity index is 469. The van der Waals surface area contributed by atoms with E-state index in [1.165, 1.54) is 6.26 Å². The van der Waals surface area contributed by atoms with Crippen LogP contribution in [0.15, 0.2) is 18.2 Å². The molecule has 0 aliphatic rings. The fourth-order valence-electron chi connectivity index (χ4n) is 1.45. The van der Waals surface area contributed by atoms with Crippen LogP contribution in [0.5, 0.6) is 5.75 Å². The molecule has 0 heterocycles. The zero-order valence-corrected chi connectivity index (χ0v) is 11.1. The van der Waals surface area contributed by atoms with E-state index in [2.05, 4.69) is 6.92 Å². The smallest absolute Gasteiger partial charge is 0.147 e. The zero-order valence-electron chi connectivity index (χ0n) is 10.3. The van der Waals surface area contributed by atoms with Crippen LogP contribution in [0.1, 0.15) is 18.9 Å². The van der Waals surface area contributed by atoms with Crippen molar-refractivity contribution in [2.75, 3.05) is 24.3 Å². The molecule has 0 fully saturated rings. The normalized spacial score (nSPS) is 11.4. The van der Waals surface area contributed by atoms with E-state index in [0.29, 0.717) is 24.5 Å². The van der Waals surface area contributed by atoms with Gasteiger partial charge in [-0.1, -0.05) is 13.0 Å². The van der Waals surface area contributed by atoms with Gasteiger partial charge in [-0.2, -0.15) is 0 Å². The number of ether oxygens (including phenoxy) is 1. The first-order valence-corrected chi connectivity index (χ1v) is 7.67. The van der Waals surface area contributed by atoms with Gasteiger partial charge in [0.15, 0.2) is 0 Å². The molecule has 0 unspecified atom stereocenters. The minimum atomic E-state index is -2.91. The molecule has 0 radical (unpaired) electrons. The maximum atomic E-state index is 10.9. The van der Waals surface area contributed by atoms with Crippen LogP contribution in [-0.4, -0.2) is 27.0 Å². The summed E-state index contributed by atoms with van der Waals surface area (Å²) in [5.41, 5.74) is 7.58. The quantitative estimate of drug-likeness (QED) is 0.621. The average Bonchev–Trinajstić information content (AvgIpc) is 2.24. The molecule has 0 atom stereocenters. The van der Waals surface area contributed by atoms with E-state index in [4.69, 9.17) is 10.5 Å². The van der Waals surface area contributed by atoms with Crippen LogP contribution in [0.2, 0.25) is 0 Å². The van der Waals surface area contributed by atoms with Gasteiger partial charge < -0.3 is 10.5 Å². The number of hydrogen-bond acceptors (Lipinski definition) is 4. The highest BCUT2D eigenvalue weighted by Crippen LogP contribution is 2.22. The van der Waals surface area contributed by atoms with Gasteiger partial charge in [-0.15, -0.1) is 0 Å². The highest BCUT2D eigenvalue weighted by atomic mass is 32.2. The van der Waals surface area contributed by atoms with Crippen molar-refractivity contribution in [2.45, 2.75) is 19.8 Å². The Morgan fingerprint density at radius 1 is 1.35 bits per heavy atom. The molecule has 0 spiro atoms. The molecule has 0 saturated carbocycles. The lowest BCUT2D eigenvalue weighted by atomic mass is 10.1. The summed E-state index contributed by atoms with van der Waals surface area (Å²) in [6.45, 7) is 2.42. The van der Waals surface area contributed by atoms with Crippen molar-refractivity contribution in [1.29, 1.82) is 0 Å². The van der Waals surface area contributed by atoms with Crippen molar-refractivity contribution in [2.24, 2.45) is 0 Å². The summed E-state index contributed by atoms with van der Waals surface area (Å²) in [4.78, 5) is 0. The highest BCUT2D eigenvalue weighted by molar-refractivity contribution is 7.90. The predicted octanol–water partition coefficient (Wildman–Crippen LogP) is 1.64. The van der Waals surface area contributed by atoms with Crippen LogP contribution >= 0.6 is 0 Å². The van der Waals surface area contributed by atoms with E-state index in [0.717, 1.165) is 12.0 Å². The molecule has 5 heteroatoms. The average molecular weight is 257 g/mol. The zero-order chi connectivity index (χ0) is 12.9. The van der Waals surface area contributed by atoms with Crippen LogP contribution in [-0.2, 0) is 16.3 Å². The summed E-state index contributed by atoms with van der Waals surface area (Å²) < 4.78 is 27.3. The number of aryl methyl sites for hydroxylation is 1. The van der Waals surface area contributed by atoms with E-state index < -0.39 is 9.84 Å². The number of benzene rings is 1. The van der Waals surface area contributed by atoms with Crippen molar-refractivity contribution in [3.05, 3.63) is 23.8 Å². The third kappa shape index (κ3) is 5.08. The molecule has 96 valence electrons. The fourth-order valence-corrected chi connectivity index (χ4v) is 2.09. The summed E-state index contributed by atoms with van der Waals surface area (Å²) in [7, 11) is -2.91. The Kier molecular flexibility index (Phi) is 4.81. The monoisotopic (exact) mass is 257 g/mol. The van der Waals surface area contributed by atoms with Gasteiger partial charge in [0.2, 0.25) is 0 Å². The molecule has 2 N–H and O–H groups in total. The number of sulfone groups is 1. The lowest BCUT2D eigenvalue weighted by molar-refractivity contribution is 0.319. The molecular weight excluding hydrogens is 238 g/mol. The van der Waals surface area contributed by atoms with Crippen molar-refractivity contribution in [3.63, 3.8) is 0 Å². The highest BCUT2D eigenvalue weighted by Gasteiger charge is 2.04. The second kappa shape index (κ2) is 5.91. The molecule has 0 aromatic heterocycles. The minimum absolute atomic E-state index is 0.139. The van der Waals surface area contributed by atoms with Crippen LogP contribution in [0.4, 0.5) is 5.69 Å². The Morgan fingerprint density at radius 2 is 2.06 bits per heavy atom. The topological polar surface area (TPSA) is 69.4 Å². The summed E-state index contributed by atoms with van der Waals surface area (Å²) in [5.74, 6) is 0.760. The van der Waals surface area contributed by atoms with Crippen LogP contribution in [0.25, 0.3) is 0 Å². The van der Waals surface area contributed by atoms with Crippen molar-refractivity contribution < 1.29 is 13.2 Å². The van der Waals surface area contributed by atoms with Gasteiger partial charge >= 0.3 is 0 Å². The molecule has 1 aromatic rings. The van der Waals surface area contributed by atoms with E-state index in [1.807, 2.05) is 18.2 Å². The van der Waals surface area contributed by atoms with Gasteiger partial charge in [-0.05, 0) is 30.5 Å². The van der Waals surface area contributed by atoms with Crippen LogP contribution in [0.3, 0.4) is 0 Å². The van der Waals surface area contributed by atoms with Gasteiger partial charge in [-0.25, -0.2) is 8.42 Å². The van der Waals surface area contributed by atoms with E-state index in [-0.39, 0.29) is 5.75 Å². The second-order valence-corrected chi connectivity index (χ2v) is 6.32. The molecular formula is C12H19NO3S. The summed E-state index contributed by atoms with van der Waals surface area (Å²) in [6, 6.07) is 5.67. The Labute approximate surface area is 103 Å². The number of anilines is 1. The summed E-state index contributed by atoms with van der Waals surface area (Å²) in [5, 5.41) is 0. The standard InChI is InChI=1S/C12H19NO3S/c1-3-10-5-6-12(11(13)9-10)16-7-4-8-17(2,14)15/h5-6,9H,3-4,7-8,13H2,1-2H3. The van der Waals surface area contributed by atoms with E-state index in [1.54, 1.807) is 0 Å². The maximum absolute atomic E-state index is 10.9. The summed E-state index contributed by atoms with van der Waals surface area (Å²) >= 11 is 0. The maximum Gasteiger partial charge on any atom is 0.147 e. The van der Waals surface area contributed by atoms with Crippen molar-refractivity contribution in [1.82, 2.24) is 0 Å². The molecule has 17 heavy (non-hydrogen) atoms. The second-order valence-electron chi connectivity index (χ2n) is 4.06. The largest absolute Gasteiger partial charge is 0.491 e. The molecule has 0 bridgehead atoms. The lowest BCUT2D eigenvalue weighted by Crippen LogP contribution is -2.08. The third-order valence-electron chi connectivity index (χ3n) is 2.40. The number of rotatable bonds is 6. The fraction of sp³-hybridized carbons (Fsp3) is 0.500. The van der Waals surface area contributed by atoms with Gasteiger partial charge in [-0.3, -0.25) is 0 Å².